The van der Waals surface area contributed by atoms with Gasteiger partial charge in [-0.2, -0.15) is 4.80 Å². The first kappa shape index (κ1) is 11.7. The minimum atomic E-state index is 0.499. The van der Waals surface area contributed by atoms with E-state index in [1.807, 2.05) is 12.1 Å². The van der Waals surface area contributed by atoms with Crippen LogP contribution in [-0.2, 0) is 13.6 Å². The highest BCUT2D eigenvalue weighted by molar-refractivity contribution is 6.32. The lowest BCUT2D eigenvalue weighted by Crippen LogP contribution is -2.02. The Morgan fingerprint density at radius 2 is 2.29 bits per heavy atom. The van der Waals surface area contributed by atoms with Gasteiger partial charge in [0.15, 0.2) is 5.82 Å². The van der Waals surface area contributed by atoms with Crippen LogP contribution in [0, 0.1) is 0 Å². The number of aryl methyl sites for hydroxylation is 1. The van der Waals surface area contributed by atoms with Gasteiger partial charge in [0.1, 0.15) is 5.75 Å². The topological polar surface area (TPSA) is 64.9 Å². The van der Waals surface area contributed by atoms with Crippen LogP contribution in [0.1, 0.15) is 5.82 Å². The van der Waals surface area contributed by atoms with E-state index in [0.717, 1.165) is 5.69 Å². The fourth-order valence-corrected chi connectivity index (χ4v) is 1.54. The van der Waals surface area contributed by atoms with Crippen LogP contribution in [-0.4, -0.2) is 27.3 Å². The number of aromatic nitrogens is 4. The summed E-state index contributed by atoms with van der Waals surface area (Å²) in [6, 6.07) is 5.45. The second-order valence-electron chi connectivity index (χ2n) is 3.40. The Morgan fingerprint density at radius 1 is 1.47 bits per heavy atom. The molecule has 0 radical (unpaired) electrons. The molecule has 0 amide bonds. The molecule has 1 aromatic heterocycles. The third-order valence-corrected chi connectivity index (χ3v) is 2.46. The van der Waals surface area contributed by atoms with Gasteiger partial charge in [0.25, 0.3) is 0 Å². The molecular weight excluding hydrogens is 242 g/mol. The highest BCUT2D eigenvalue weighted by Crippen LogP contribution is 2.27. The summed E-state index contributed by atoms with van der Waals surface area (Å²) in [4.78, 5) is 1.42. The summed E-state index contributed by atoms with van der Waals surface area (Å²) in [5.41, 5.74) is 0.888. The number of rotatable bonds is 4. The zero-order valence-electron chi connectivity index (χ0n) is 9.51. The van der Waals surface area contributed by atoms with Gasteiger partial charge in [0.2, 0.25) is 0 Å². The van der Waals surface area contributed by atoms with Gasteiger partial charge in [0.05, 0.1) is 25.7 Å². The number of nitrogens with zero attached hydrogens (tertiary/aromatic N) is 4. The average Bonchev–Trinajstić information content (AvgIpc) is 2.74. The standard InChI is InChI=1S/C10H12ClN5O/c1-16-14-10(13-15-16)6-12-7-3-4-8(11)9(5-7)17-2/h3-5,12H,6H2,1-2H3. The molecule has 0 atom stereocenters. The maximum Gasteiger partial charge on any atom is 0.193 e. The molecule has 90 valence electrons. The first-order valence-corrected chi connectivity index (χ1v) is 5.37. The maximum atomic E-state index is 5.93. The molecule has 0 saturated carbocycles. The van der Waals surface area contributed by atoms with E-state index in [1.165, 1.54) is 4.80 Å². The molecule has 2 aromatic rings. The van der Waals surface area contributed by atoms with E-state index >= 15 is 0 Å². The van der Waals surface area contributed by atoms with E-state index in [9.17, 15) is 0 Å². The zero-order chi connectivity index (χ0) is 12.3. The number of hydrogen-bond acceptors (Lipinski definition) is 5. The largest absolute Gasteiger partial charge is 0.495 e. The van der Waals surface area contributed by atoms with Crippen molar-refractivity contribution in [3.8, 4) is 5.75 Å². The van der Waals surface area contributed by atoms with Crippen molar-refractivity contribution in [1.29, 1.82) is 0 Å². The first-order chi connectivity index (χ1) is 8.19. The Balaban J connectivity index is 2.04. The van der Waals surface area contributed by atoms with Crippen LogP contribution in [0.25, 0.3) is 0 Å². The molecule has 0 aliphatic heterocycles. The van der Waals surface area contributed by atoms with Crippen LogP contribution in [0.4, 0.5) is 5.69 Å². The second-order valence-corrected chi connectivity index (χ2v) is 3.81. The van der Waals surface area contributed by atoms with Crippen molar-refractivity contribution in [2.75, 3.05) is 12.4 Å². The molecular formula is C10H12ClN5O. The van der Waals surface area contributed by atoms with Crippen molar-refractivity contribution in [1.82, 2.24) is 20.2 Å². The van der Waals surface area contributed by atoms with Crippen molar-refractivity contribution >= 4 is 17.3 Å². The quantitative estimate of drug-likeness (QED) is 0.894. The normalized spacial score (nSPS) is 10.3. The number of methoxy groups -OCH3 is 1. The van der Waals surface area contributed by atoms with E-state index in [1.54, 1.807) is 20.2 Å². The minimum Gasteiger partial charge on any atom is -0.495 e. The number of tetrazole rings is 1. The van der Waals surface area contributed by atoms with Crippen molar-refractivity contribution in [2.24, 2.45) is 7.05 Å². The van der Waals surface area contributed by atoms with Gasteiger partial charge in [-0.05, 0) is 17.3 Å². The Labute approximate surface area is 104 Å². The Bertz CT molecular complexity index is 513. The lowest BCUT2D eigenvalue weighted by molar-refractivity contribution is 0.415. The Kier molecular flexibility index (Phi) is 3.43. The minimum absolute atomic E-state index is 0.499. The number of anilines is 1. The van der Waals surface area contributed by atoms with E-state index in [2.05, 4.69) is 20.7 Å². The molecule has 0 spiro atoms. The molecule has 0 fully saturated rings. The van der Waals surface area contributed by atoms with Crippen LogP contribution >= 0.6 is 11.6 Å². The molecule has 0 aliphatic rings. The summed E-state index contributed by atoms with van der Waals surface area (Å²) in [7, 11) is 3.30. The number of halogens is 1. The summed E-state index contributed by atoms with van der Waals surface area (Å²) in [5.74, 6) is 1.25. The summed E-state index contributed by atoms with van der Waals surface area (Å²) >= 11 is 5.93. The van der Waals surface area contributed by atoms with Crippen LogP contribution < -0.4 is 10.1 Å². The van der Waals surface area contributed by atoms with Crippen LogP contribution in [0.2, 0.25) is 5.02 Å². The average molecular weight is 254 g/mol. The molecule has 1 heterocycles. The third-order valence-electron chi connectivity index (χ3n) is 2.15. The zero-order valence-corrected chi connectivity index (χ0v) is 10.3. The van der Waals surface area contributed by atoms with Crippen molar-refractivity contribution in [3.63, 3.8) is 0 Å². The number of nitrogens with one attached hydrogen (secondary N) is 1. The van der Waals surface area contributed by atoms with Crippen LogP contribution in [0.15, 0.2) is 18.2 Å². The second kappa shape index (κ2) is 5.01. The van der Waals surface area contributed by atoms with Gasteiger partial charge >= 0.3 is 0 Å². The van der Waals surface area contributed by atoms with E-state index < -0.39 is 0 Å². The molecule has 7 heteroatoms. The Morgan fingerprint density at radius 3 is 2.94 bits per heavy atom. The van der Waals surface area contributed by atoms with Crippen molar-refractivity contribution < 1.29 is 4.74 Å². The van der Waals surface area contributed by atoms with E-state index in [-0.39, 0.29) is 0 Å². The molecule has 0 unspecified atom stereocenters. The number of ether oxygens (including phenoxy) is 1. The van der Waals surface area contributed by atoms with Gasteiger partial charge in [-0.3, -0.25) is 0 Å². The fourth-order valence-electron chi connectivity index (χ4n) is 1.34. The molecule has 0 aliphatic carbocycles. The lowest BCUT2D eigenvalue weighted by Gasteiger charge is -2.07. The Hall–Kier alpha value is -1.82. The molecule has 1 N–H and O–H groups in total. The number of benzene rings is 1. The van der Waals surface area contributed by atoms with E-state index in [4.69, 9.17) is 16.3 Å². The highest BCUT2D eigenvalue weighted by Gasteiger charge is 2.03. The van der Waals surface area contributed by atoms with Gasteiger partial charge in [-0.25, -0.2) is 0 Å². The van der Waals surface area contributed by atoms with Gasteiger partial charge < -0.3 is 10.1 Å². The highest BCUT2D eigenvalue weighted by atomic mass is 35.5. The fraction of sp³-hybridized carbons (Fsp3) is 0.300. The molecule has 1 aromatic carbocycles. The van der Waals surface area contributed by atoms with Gasteiger partial charge in [-0.1, -0.05) is 11.6 Å². The van der Waals surface area contributed by atoms with Crippen LogP contribution in [0.5, 0.6) is 5.75 Å². The van der Waals surface area contributed by atoms with Crippen LogP contribution in [0.3, 0.4) is 0 Å². The molecule has 17 heavy (non-hydrogen) atoms. The molecule has 2 rings (SSSR count). The summed E-state index contributed by atoms with van der Waals surface area (Å²) in [6.07, 6.45) is 0. The molecule has 0 saturated heterocycles. The summed E-state index contributed by atoms with van der Waals surface area (Å²) in [6.45, 7) is 0.499. The molecule has 6 nitrogen and oxygen atoms in total. The van der Waals surface area contributed by atoms with Crippen molar-refractivity contribution in [3.05, 3.63) is 29.0 Å². The summed E-state index contributed by atoms with van der Waals surface area (Å²) in [5, 5.41) is 15.4. The number of hydrogen-bond donors (Lipinski definition) is 1. The predicted octanol–water partition coefficient (Wildman–Crippen LogP) is 1.48. The predicted molar refractivity (Wildman–Crippen MR) is 64.1 cm³/mol. The van der Waals surface area contributed by atoms with Crippen molar-refractivity contribution in [2.45, 2.75) is 6.54 Å². The smallest absolute Gasteiger partial charge is 0.193 e. The lowest BCUT2D eigenvalue weighted by atomic mass is 10.3. The maximum absolute atomic E-state index is 5.93. The summed E-state index contributed by atoms with van der Waals surface area (Å²) < 4.78 is 5.12. The van der Waals surface area contributed by atoms with E-state index in [0.29, 0.717) is 23.1 Å². The monoisotopic (exact) mass is 253 g/mol. The first-order valence-electron chi connectivity index (χ1n) is 4.99. The van der Waals surface area contributed by atoms with Gasteiger partial charge in [-0.15, -0.1) is 10.2 Å². The van der Waals surface area contributed by atoms with Gasteiger partial charge in [0, 0.05) is 11.8 Å². The SMILES string of the molecule is COc1cc(NCc2nnn(C)n2)ccc1Cl. The molecule has 0 bridgehead atoms. The third kappa shape index (κ3) is 2.85.